The van der Waals surface area contributed by atoms with Crippen molar-refractivity contribution in [2.24, 2.45) is 11.7 Å². The third-order valence-corrected chi connectivity index (χ3v) is 4.53. The van der Waals surface area contributed by atoms with Crippen LogP contribution >= 0.6 is 0 Å². The third-order valence-electron chi connectivity index (χ3n) is 4.53. The van der Waals surface area contributed by atoms with Crippen LogP contribution in [-0.2, 0) is 20.9 Å². The number of rotatable bonds is 7. The average molecular weight is 362 g/mol. The molecule has 1 aliphatic heterocycles. The van der Waals surface area contributed by atoms with E-state index in [9.17, 15) is 9.59 Å². The highest BCUT2D eigenvalue weighted by molar-refractivity contribution is 5.95. The summed E-state index contributed by atoms with van der Waals surface area (Å²) in [4.78, 5) is 26.3. The lowest BCUT2D eigenvalue weighted by atomic mass is 10.1. The van der Waals surface area contributed by atoms with E-state index in [-0.39, 0.29) is 24.3 Å². The molecule has 4 N–H and O–H groups in total. The largest absolute Gasteiger partial charge is 0.379 e. The first kappa shape index (κ1) is 20.4. The van der Waals surface area contributed by atoms with Crippen molar-refractivity contribution in [1.29, 1.82) is 0 Å². The minimum absolute atomic E-state index is 0.0252. The molecule has 1 fully saturated rings. The zero-order valence-corrected chi connectivity index (χ0v) is 15.9. The molecule has 7 heteroatoms. The number of ether oxygens (including phenoxy) is 1. The van der Waals surface area contributed by atoms with Crippen LogP contribution in [0.3, 0.4) is 0 Å². The van der Waals surface area contributed by atoms with Gasteiger partial charge in [0.2, 0.25) is 11.8 Å². The van der Waals surface area contributed by atoms with Crippen molar-refractivity contribution < 1.29 is 14.3 Å². The van der Waals surface area contributed by atoms with Gasteiger partial charge in [0.05, 0.1) is 25.8 Å². The maximum absolute atomic E-state index is 12.2. The Labute approximate surface area is 155 Å². The molecular weight excluding hydrogens is 332 g/mol. The number of nitrogens with two attached hydrogens (primary N) is 1. The molecule has 1 aromatic carbocycles. The maximum atomic E-state index is 12.2. The zero-order valence-electron chi connectivity index (χ0n) is 15.9. The number of amides is 2. The van der Waals surface area contributed by atoms with Gasteiger partial charge in [-0.05, 0) is 30.0 Å². The highest BCUT2D eigenvalue weighted by Crippen LogP contribution is 2.18. The maximum Gasteiger partial charge on any atom is 0.243 e. The molecule has 1 saturated heterocycles. The molecule has 2 rings (SSSR count). The fraction of sp³-hybridized carbons (Fsp3) is 0.579. The van der Waals surface area contributed by atoms with Crippen LogP contribution in [0.4, 0.5) is 5.69 Å². The first-order chi connectivity index (χ1) is 12.4. The van der Waals surface area contributed by atoms with E-state index < -0.39 is 6.04 Å². The minimum atomic E-state index is -0.610. The van der Waals surface area contributed by atoms with E-state index in [1.165, 1.54) is 0 Å². The fourth-order valence-electron chi connectivity index (χ4n) is 2.70. The molecule has 0 saturated carbocycles. The molecule has 0 aliphatic carbocycles. The number of anilines is 1. The summed E-state index contributed by atoms with van der Waals surface area (Å²) in [5, 5.41) is 5.46. The third kappa shape index (κ3) is 6.09. The number of nitrogens with one attached hydrogen (secondary N) is 2. The van der Waals surface area contributed by atoms with Crippen molar-refractivity contribution in [2.45, 2.75) is 33.4 Å². The van der Waals surface area contributed by atoms with Crippen LogP contribution in [0, 0.1) is 12.8 Å². The predicted octanol–water partition coefficient (Wildman–Crippen LogP) is 0.865. The van der Waals surface area contributed by atoms with E-state index in [1.54, 1.807) is 0 Å². The Morgan fingerprint density at radius 1 is 1.27 bits per heavy atom. The van der Waals surface area contributed by atoms with E-state index in [0.717, 1.165) is 49.7 Å². The molecule has 1 aromatic rings. The van der Waals surface area contributed by atoms with Gasteiger partial charge in [-0.3, -0.25) is 14.5 Å². The topological polar surface area (TPSA) is 96.7 Å². The summed E-state index contributed by atoms with van der Waals surface area (Å²) >= 11 is 0. The number of hydrogen-bond donors (Lipinski definition) is 3. The first-order valence-electron chi connectivity index (χ1n) is 9.09. The molecule has 0 bridgehead atoms. The Kier molecular flexibility index (Phi) is 7.56. The van der Waals surface area contributed by atoms with E-state index in [1.807, 2.05) is 32.9 Å². The smallest absolute Gasteiger partial charge is 0.243 e. The Bertz CT molecular complexity index is 627. The summed E-state index contributed by atoms with van der Waals surface area (Å²) in [6.45, 7) is 9.76. The van der Waals surface area contributed by atoms with E-state index in [4.69, 9.17) is 10.5 Å². The number of nitrogens with zero attached hydrogens (tertiary/aromatic N) is 1. The molecular formula is C19H30N4O3. The molecule has 1 heterocycles. The van der Waals surface area contributed by atoms with Crippen LogP contribution in [0.5, 0.6) is 0 Å². The Morgan fingerprint density at radius 3 is 2.62 bits per heavy atom. The van der Waals surface area contributed by atoms with Gasteiger partial charge >= 0.3 is 0 Å². The molecule has 0 radical (unpaired) electrons. The summed E-state index contributed by atoms with van der Waals surface area (Å²) in [5.74, 6) is -0.550. The van der Waals surface area contributed by atoms with Gasteiger partial charge in [-0.1, -0.05) is 26.0 Å². The van der Waals surface area contributed by atoms with Crippen molar-refractivity contribution in [3.05, 3.63) is 29.3 Å². The van der Waals surface area contributed by atoms with Gasteiger partial charge in [-0.15, -0.1) is 0 Å². The van der Waals surface area contributed by atoms with E-state index in [0.29, 0.717) is 0 Å². The van der Waals surface area contributed by atoms with Crippen molar-refractivity contribution in [2.75, 3.05) is 38.2 Å². The van der Waals surface area contributed by atoms with E-state index >= 15 is 0 Å². The highest BCUT2D eigenvalue weighted by Gasteiger charge is 2.18. The summed E-state index contributed by atoms with van der Waals surface area (Å²) in [5.41, 5.74) is 8.66. The van der Waals surface area contributed by atoms with Crippen LogP contribution in [0.1, 0.15) is 25.0 Å². The standard InChI is InChI=1S/C19H30N4O3/c1-13(2)18(20)19(25)21-11-17(24)22-16-10-15(5-4-14(16)3)12-23-6-8-26-9-7-23/h4-5,10,13,18H,6-9,11-12,20H2,1-3H3,(H,21,25)(H,22,24)/t18-/m0/s1. The van der Waals surface area contributed by atoms with Gasteiger partial charge in [0.1, 0.15) is 0 Å². The molecule has 1 aliphatic rings. The summed E-state index contributed by atoms with van der Waals surface area (Å²) in [6, 6.07) is 5.45. The second-order valence-electron chi connectivity index (χ2n) is 7.07. The molecule has 0 unspecified atom stereocenters. The molecule has 1 atom stereocenters. The van der Waals surface area contributed by atoms with Gasteiger partial charge in [0.15, 0.2) is 0 Å². The predicted molar refractivity (Wildman–Crippen MR) is 102 cm³/mol. The van der Waals surface area contributed by atoms with Crippen molar-refractivity contribution >= 4 is 17.5 Å². The number of carbonyl (C=O) groups is 2. The van der Waals surface area contributed by atoms with Gasteiger partial charge in [-0.2, -0.15) is 0 Å². The fourth-order valence-corrected chi connectivity index (χ4v) is 2.70. The lowest BCUT2D eigenvalue weighted by Crippen LogP contribution is -2.46. The Morgan fingerprint density at radius 2 is 1.96 bits per heavy atom. The lowest BCUT2D eigenvalue weighted by molar-refractivity contribution is -0.125. The summed E-state index contributed by atoms with van der Waals surface area (Å²) in [6.07, 6.45) is 0. The first-order valence-corrected chi connectivity index (χ1v) is 9.09. The normalized spacial score (nSPS) is 16.3. The van der Waals surface area contributed by atoms with Crippen molar-refractivity contribution in [3.63, 3.8) is 0 Å². The molecule has 0 aromatic heterocycles. The van der Waals surface area contributed by atoms with Gasteiger partial charge in [-0.25, -0.2) is 0 Å². The van der Waals surface area contributed by atoms with Crippen LogP contribution in [-0.4, -0.2) is 55.6 Å². The number of benzene rings is 1. The summed E-state index contributed by atoms with van der Waals surface area (Å²) in [7, 11) is 0. The molecule has 26 heavy (non-hydrogen) atoms. The number of aryl methyl sites for hydroxylation is 1. The molecule has 144 valence electrons. The van der Waals surface area contributed by atoms with Crippen LogP contribution < -0.4 is 16.4 Å². The lowest BCUT2D eigenvalue weighted by Gasteiger charge is -2.26. The number of hydrogen-bond acceptors (Lipinski definition) is 5. The average Bonchev–Trinajstić information content (AvgIpc) is 2.62. The van der Waals surface area contributed by atoms with Crippen LogP contribution in [0.2, 0.25) is 0 Å². The number of carbonyl (C=O) groups excluding carboxylic acids is 2. The monoisotopic (exact) mass is 362 g/mol. The SMILES string of the molecule is Cc1ccc(CN2CCOCC2)cc1NC(=O)CNC(=O)[C@@H](N)C(C)C. The second-order valence-corrected chi connectivity index (χ2v) is 7.07. The van der Waals surface area contributed by atoms with E-state index in [2.05, 4.69) is 21.6 Å². The van der Waals surface area contributed by atoms with Gasteiger partial charge < -0.3 is 21.1 Å². The molecule has 7 nitrogen and oxygen atoms in total. The van der Waals surface area contributed by atoms with Gasteiger partial charge in [0, 0.05) is 25.3 Å². The Balaban J connectivity index is 1.90. The quantitative estimate of drug-likeness (QED) is 0.669. The highest BCUT2D eigenvalue weighted by atomic mass is 16.5. The van der Waals surface area contributed by atoms with Gasteiger partial charge in [0.25, 0.3) is 0 Å². The molecule has 0 spiro atoms. The van der Waals surface area contributed by atoms with Crippen LogP contribution in [0.15, 0.2) is 18.2 Å². The van der Waals surface area contributed by atoms with Crippen molar-refractivity contribution in [3.8, 4) is 0 Å². The zero-order chi connectivity index (χ0) is 19.1. The minimum Gasteiger partial charge on any atom is -0.379 e. The second kappa shape index (κ2) is 9.66. The van der Waals surface area contributed by atoms with Crippen molar-refractivity contribution in [1.82, 2.24) is 10.2 Å². The molecule has 2 amide bonds. The summed E-state index contributed by atoms with van der Waals surface area (Å²) < 4.78 is 5.37. The van der Waals surface area contributed by atoms with Crippen LogP contribution in [0.25, 0.3) is 0 Å². The Hall–Kier alpha value is -1.96. The number of morpholine rings is 1.